The van der Waals surface area contributed by atoms with E-state index >= 15 is 0 Å². The molecule has 1 heteroatoms. The summed E-state index contributed by atoms with van der Waals surface area (Å²) >= 11 is 0. The number of unbranched alkanes of at least 4 members (excludes halogenated alkanes) is 1. The molecule has 1 aliphatic carbocycles. The number of hydrogen-bond acceptors (Lipinski definition) is 1. The fourth-order valence-corrected chi connectivity index (χ4v) is 4.01. The Hall–Kier alpha value is -2.02. The summed E-state index contributed by atoms with van der Waals surface area (Å²) in [6.45, 7) is 9.99. The third-order valence-electron chi connectivity index (χ3n) is 5.07. The molecule has 2 aromatic rings. The van der Waals surface area contributed by atoms with Gasteiger partial charge < -0.3 is 5.32 Å². The van der Waals surface area contributed by atoms with Crippen molar-refractivity contribution in [3.8, 4) is 11.1 Å². The van der Waals surface area contributed by atoms with Gasteiger partial charge in [-0.25, -0.2) is 0 Å². The Balaban J connectivity index is 2.13. The predicted molar refractivity (Wildman–Crippen MR) is 99.6 cm³/mol. The van der Waals surface area contributed by atoms with E-state index < -0.39 is 0 Å². The standard InChI is InChI=1S/C22H27N/c1-4-6-16-23-17(3)22(15-5-2)20-13-9-7-11-18(20)19-12-8-10-14-21(19)22/h7-14,23H,3-6,15-16H2,1-2H3. The second-order valence-electron chi connectivity index (χ2n) is 6.51. The normalized spacial score (nSPS) is 14.2. The number of rotatable bonds is 7. The zero-order valence-electron chi connectivity index (χ0n) is 14.4. The van der Waals surface area contributed by atoms with Crippen LogP contribution in [-0.4, -0.2) is 6.54 Å². The van der Waals surface area contributed by atoms with Gasteiger partial charge in [0.25, 0.3) is 0 Å². The van der Waals surface area contributed by atoms with E-state index in [1.165, 1.54) is 35.1 Å². The van der Waals surface area contributed by atoms with Gasteiger partial charge in [0.15, 0.2) is 0 Å². The van der Waals surface area contributed by atoms with Gasteiger partial charge in [-0.2, -0.15) is 0 Å². The van der Waals surface area contributed by atoms with Crippen molar-refractivity contribution in [2.24, 2.45) is 0 Å². The van der Waals surface area contributed by atoms with Crippen LogP contribution in [0.25, 0.3) is 11.1 Å². The highest BCUT2D eigenvalue weighted by Gasteiger charge is 2.44. The molecule has 0 radical (unpaired) electrons. The molecule has 120 valence electrons. The fourth-order valence-electron chi connectivity index (χ4n) is 4.01. The van der Waals surface area contributed by atoms with E-state index in [0.717, 1.165) is 25.1 Å². The van der Waals surface area contributed by atoms with Crippen molar-refractivity contribution in [1.82, 2.24) is 5.32 Å². The highest BCUT2D eigenvalue weighted by molar-refractivity contribution is 5.82. The number of nitrogens with one attached hydrogen (secondary N) is 1. The van der Waals surface area contributed by atoms with Crippen LogP contribution in [0.2, 0.25) is 0 Å². The molecule has 3 rings (SSSR count). The Morgan fingerprint density at radius 3 is 2.00 bits per heavy atom. The summed E-state index contributed by atoms with van der Waals surface area (Å²) in [6, 6.07) is 17.7. The molecule has 1 N–H and O–H groups in total. The van der Waals surface area contributed by atoms with E-state index in [9.17, 15) is 0 Å². The van der Waals surface area contributed by atoms with Crippen LogP contribution in [0.3, 0.4) is 0 Å². The maximum atomic E-state index is 4.49. The third-order valence-corrected chi connectivity index (χ3v) is 5.07. The first kappa shape index (κ1) is 15.9. The fraction of sp³-hybridized carbons (Fsp3) is 0.364. The van der Waals surface area contributed by atoms with Gasteiger partial charge in [-0.1, -0.05) is 81.8 Å². The lowest BCUT2D eigenvalue weighted by Gasteiger charge is -2.35. The van der Waals surface area contributed by atoms with E-state index in [0.29, 0.717) is 0 Å². The number of allylic oxidation sites excluding steroid dienone is 1. The first-order valence-electron chi connectivity index (χ1n) is 8.88. The average molecular weight is 305 g/mol. The summed E-state index contributed by atoms with van der Waals surface area (Å²) in [5.41, 5.74) is 6.64. The van der Waals surface area contributed by atoms with Gasteiger partial charge >= 0.3 is 0 Å². The lowest BCUT2D eigenvalue weighted by atomic mass is 9.72. The Labute approximate surface area is 140 Å². The summed E-state index contributed by atoms with van der Waals surface area (Å²) < 4.78 is 0. The van der Waals surface area contributed by atoms with Gasteiger partial charge in [0.1, 0.15) is 0 Å². The Bertz CT molecular complexity index is 653. The van der Waals surface area contributed by atoms with Crippen molar-refractivity contribution >= 4 is 0 Å². The lowest BCUT2D eigenvalue weighted by molar-refractivity contribution is 0.507. The molecule has 0 amide bonds. The summed E-state index contributed by atoms with van der Waals surface area (Å²) in [5.74, 6) is 0. The maximum Gasteiger partial charge on any atom is 0.0604 e. The topological polar surface area (TPSA) is 12.0 Å². The largest absolute Gasteiger partial charge is 0.388 e. The van der Waals surface area contributed by atoms with Crippen LogP contribution in [0, 0.1) is 0 Å². The maximum absolute atomic E-state index is 4.49. The minimum Gasteiger partial charge on any atom is -0.388 e. The molecule has 0 aliphatic heterocycles. The number of hydrogen-bond donors (Lipinski definition) is 1. The van der Waals surface area contributed by atoms with Gasteiger partial charge in [0.05, 0.1) is 5.41 Å². The van der Waals surface area contributed by atoms with Crippen molar-refractivity contribution in [2.75, 3.05) is 6.54 Å². The molecule has 0 fully saturated rings. The van der Waals surface area contributed by atoms with Crippen LogP contribution < -0.4 is 5.32 Å². The second-order valence-corrected chi connectivity index (χ2v) is 6.51. The SMILES string of the molecule is C=C(NCCCC)C1(CCC)c2ccccc2-c2ccccc21. The van der Waals surface area contributed by atoms with Gasteiger partial charge in [-0.05, 0) is 35.1 Å². The van der Waals surface area contributed by atoms with Crippen LogP contribution in [-0.2, 0) is 5.41 Å². The molecular weight excluding hydrogens is 278 g/mol. The molecular formula is C22H27N. The Morgan fingerprint density at radius 2 is 1.48 bits per heavy atom. The summed E-state index contributed by atoms with van der Waals surface area (Å²) in [7, 11) is 0. The van der Waals surface area contributed by atoms with Gasteiger partial charge in [-0.15, -0.1) is 0 Å². The molecule has 1 nitrogen and oxygen atoms in total. The minimum absolute atomic E-state index is 0.0876. The zero-order chi connectivity index (χ0) is 16.3. The minimum atomic E-state index is -0.0876. The molecule has 0 saturated heterocycles. The molecule has 0 aromatic heterocycles. The van der Waals surface area contributed by atoms with Crippen LogP contribution in [0.1, 0.15) is 50.7 Å². The summed E-state index contributed by atoms with van der Waals surface area (Å²) in [4.78, 5) is 0. The van der Waals surface area contributed by atoms with Crippen LogP contribution in [0.5, 0.6) is 0 Å². The summed E-state index contributed by atoms with van der Waals surface area (Å²) in [5, 5.41) is 3.64. The van der Waals surface area contributed by atoms with Gasteiger partial charge in [0.2, 0.25) is 0 Å². The molecule has 0 spiro atoms. The van der Waals surface area contributed by atoms with Crippen molar-refractivity contribution in [3.05, 3.63) is 71.9 Å². The van der Waals surface area contributed by atoms with E-state index in [1.54, 1.807) is 0 Å². The van der Waals surface area contributed by atoms with Gasteiger partial charge in [-0.3, -0.25) is 0 Å². The van der Waals surface area contributed by atoms with Crippen LogP contribution >= 0.6 is 0 Å². The Morgan fingerprint density at radius 1 is 0.913 bits per heavy atom. The molecule has 0 atom stereocenters. The van der Waals surface area contributed by atoms with Gasteiger partial charge in [0, 0.05) is 12.2 Å². The van der Waals surface area contributed by atoms with Crippen LogP contribution in [0.4, 0.5) is 0 Å². The highest BCUT2D eigenvalue weighted by Crippen LogP contribution is 2.53. The van der Waals surface area contributed by atoms with Crippen molar-refractivity contribution in [2.45, 2.75) is 44.9 Å². The van der Waals surface area contributed by atoms with Crippen molar-refractivity contribution in [3.63, 3.8) is 0 Å². The smallest absolute Gasteiger partial charge is 0.0604 e. The van der Waals surface area contributed by atoms with Crippen molar-refractivity contribution in [1.29, 1.82) is 0 Å². The molecule has 0 unspecified atom stereocenters. The van der Waals surface area contributed by atoms with E-state index in [1.807, 2.05) is 0 Å². The highest BCUT2D eigenvalue weighted by atomic mass is 14.9. The number of benzene rings is 2. The predicted octanol–water partition coefficient (Wildman–Crippen LogP) is 5.66. The van der Waals surface area contributed by atoms with E-state index in [-0.39, 0.29) is 5.41 Å². The average Bonchev–Trinajstić information content (AvgIpc) is 2.87. The van der Waals surface area contributed by atoms with Crippen LogP contribution in [0.15, 0.2) is 60.8 Å². The summed E-state index contributed by atoms with van der Waals surface area (Å²) in [6.07, 6.45) is 4.62. The lowest BCUT2D eigenvalue weighted by Crippen LogP contribution is -2.35. The first-order chi connectivity index (χ1) is 11.3. The van der Waals surface area contributed by atoms with E-state index in [2.05, 4.69) is 74.3 Å². The Kier molecular flexibility index (Phi) is 4.56. The van der Waals surface area contributed by atoms with E-state index in [4.69, 9.17) is 0 Å². The molecule has 0 heterocycles. The monoisotopic (exact) mass is 305 g/mol. The molecule has 0 bridgehead atoms. The quantitative estimate of drug-likeness (QED) is 0.651. The third kappa shape index (κ3) is 2.49. The molecule has 23 heavy (non-hydrogen) atoms. The zero-order valence-corrected chi connectivity index (χ0v) is 14.4. The molecule has 2 aromatic carbocycles. The first-order valence-corrected chi connectivity index (χ1v) is 8.88. The molecule has 0 saturated carbocycles. The molecule has 1 aliphatic rings. The second kappa shape index (κ2) is 6.62. The van der Waals surface area contributed by atoms with Crippen molar-refractivity contribution < 1.29 is 0 Å². The number of fused-ring (bicyclic) bond motifs is 3.